The van der Waals surface area contributed by atoms with Crippen molar-refractivity contribution in [3.8, 4) is 0 Å². The van der Waals surface area contributed by atoms with Gasteiger partial charge in [0.25, 0.3) is 0 Å². The number of likely N-dealkylation sites (N-methyl/N-ethyl adjacent to an activating group) is 1. The minimum Gasteiger partial charge on any atom is -0.310 e. The summed E-state index contributed by atoms with van der Waals surface area (Å²) in [5, 5.41) is 4.36. The highest BCUT2D eigenvalue weighted by Crippen LogP contribution is 2.27. The van der Waals surface area contributed by atoms with Crippen molar-refractivity contribution in [1.29, 1.82) is 0 Å². The Morgan fingerprint density at radius 1 is 1.44 bits per heavy atom. The van der Waals surface area contributed by atoms with Crippen LogP contribution in [0.1, 0.15) is 29.0 Å². The molecule has 0 saturated heterocycles. The van der Waals surface area contributed by atoms with Crippen LogP contribution < -0.4 is 5.32 Å². The molecule has 1 N–H and O–H groups in total. The summed E-state index contributed by atoms with van der Waals surface area (Å²) >= 11 is 7.90. The molecule has 0 aliphatic rings. The van der Waals surface area contributed by atoms with E-state index >= 15 is 0 Å². The Balaban J connectivity index is 2.26. The normalized spacial score (nSPS) is 12.6. The number of halogens is 1. The van der Waals surface area contributed by atoms with Crippen LogP contribution in [0.25, 0.3) is 0 Å². The molecule has 1 aromatic carbocycles. The van der Waals surface area contributed by atoms with Crippen molar-refractivity contribution in [3.63, 3.8) is 0 Å². The van der Waals surface area contributed by atoms with Gasteiger partial charge in [0, 0.05) is 28.6 Å². The molecule has 2 nitrogen and oxygen atoms in total. The van der Waals surface area contributed by atoms with Crippen molar-refractivity contribution < 1.29 is 0 Å². The van der Waals surface area contributed by atoms with E-state index in [0.717, 1.165) is 23.6 Å². The SMILES string of the molecule is CCNC(Cc1cncs1)c1cccc(Cl)c1C. The number of nitrogens with one attached hydrogen (secondary N) is 1. The molecule has 0 amide bonds. The molecule has 2 aromatic rings. The highest BCUT2D eigenvalue weighted by atomic mass is 35.5. The zero-order valence-corrected chi connectivity index (χ0v) is 12.2. The lowest BCUT2D eigenvalue weighted by Gasteiger charge is -2.20. The Morgan fingerprint density at radius 2 is 2.28 bits per heavy atom. The summed E-state index contributed by atoms with van der Waals surface area (Å²) in [6.45, 7) is 5.14. The van der Waals surface area contributed by atoms with Crippen LogP contribution in [0, 0.1) is 6.92 Å². The molecular weight excluding hydrogens is 264 g/mol. The molecule has 0 radical (unpaired) electrons. The van der Waals surface area contributed by atoms with Crippen LogP contribution in [0.2, 0.25) is 5.02 Å². The van der Waals surface area contributed by atoms with E-state index in [0.29, 0.717) is 6.04 Å². The first-order valence-corrected chi connectivity index (χ1v) is 7.34. The van der Waals surface area contributed by atoms with E-state index in [1.54, 1.807) is 11.3 Å². The van der Waals surface area contributed by atoms with Crippen LogP contribution in [-0.4, -0.2) is 11.5 Å². The van der Waals surface area contributed by atoms with Crippen LogP contribution in [-0.2, 0) is 6.42 Å². The molecule has 1 unspecified atom stereocenters. The number of nitrogens with zero attached hydrogens (tertiary/aromatic N) is 1. The Bertz CT molecular complexity index is 497. The maximum absolute atomic E-state index is 6.20. The van der Waals surface area contributed by atoms with Gasteiger partial charge in [0.15, 0.2) is 0 Å². The maximum atomic E-state index is 6.20. The van der Waals surface area contributed by atoms with Crippen LogP contribution in [0.5, 0.6) is 0 Å². The van der Waals surface area contributed by atoms with Gasteiger partial charge in [0.1, 0.15) is 0 Å². The van der Waals surface area contributed by atoms with Crippen molar-refractivity contribution in [2.75, 3.05) is 6.54 Å². The first-order valence-electron chi connectivity index (χ1n) is 6.08. The molecule has 18 heavy (non-hydrogen) atoms. The average molecular weight is 281 g/mol. The Hall–Kier alpha value is -0.900. The van der Waals surface area contributed by atoms with E-state index in [-0.39, 0.29) is 0 Å². The number of hydrogen-bond acceptors (Lipinski definition) is 3. The first kappa shape index (κ1) is 13.5. The number of thiazole rings is 1. The fourth-order valence-corrected chi connectivity index (χ4v) is 2.91. The molecule has 2 rings (SSSR count). The fraction of sp³-hybridized carbons (Fsp3) is 0.357. The van der Waals surface area contributed by atoms with Crippen molar-refractivity contribution in [2.24, 2.45) is 0 Å². The first-order chi connectivity index (χ1) is 8.72. The number of benzene rings is 1. The van der Waals surface area contributed by atoms with Gasteiger partial charge in [-0.1, -0.05) is 30.7 Å². The van der Waals surface area contributed by atoms with Crippen LogP contribution >= 0.6 is 22.9 Å². The molecule has 1 heterocycles. The molecule has 0 saturated carbocycles. The fourth-order valence-electron chi connectivity index (χ4n) is 2.08. The van der Waals surface area contributed by atoms with Gasteiger partial charge in [-0.2, -0.15) is 0 Å². The third kappa shape index (κ3) is 3.10. The van der Waals surface area contributed by atoms with Crippen molar-refractivity contribution in [1.82, 2.24) is 10.3 Å². The van der Waals surface area contributed by atoms with E-state index < -0.39 is 0 Å². The predicted molar refractivity (Wildman–Crippen MR) is 78.4 cm³/mol. The van der Waals surface area contributed by atoms with Gasteiger partial charge >= 0.3 is 0 Å². The lowest BCUT2D eigenvalue weighted by atomic mass is 9.98. The largest absolute Gasteiger partial charge is 0.310 e. The number of hydrogen-bond donors (Lipinski definition) is 1. The summed E-state index contributed by atoms with van der Waals surface area (Å²) in [6, 6.07) is 6.40. The Labute approximate surface area is 117 Å². The number of rotatable bonds is 5. The molecule has 4 heteroatoms. The molecule has 96 valence electrons. The third-order valence-electron chi connectivity index (χ3n) is 3.02. The zero-order valence-electron chi connectivity index (χ0n) is 10.6. The Kier molecular flexibility index (Phi) is 4.75. The van der Waals surface area contributed by atoms with Gasteiger partial charge in [-0.3, -0.25) is 4.98 Å². The lowest BCUT2D eigenvalue weighted by Crippen LogP contribution is -2.23. The summed E-state index contributed by atoms with van der Waals surface area (Å²) in [5.74, 6) is 0. The van der Waals surface area contributed by atoms with Gasteiger partial charge in [-0.15, -0.1) is 11.3 Å². The van der Waals surface area contributed by atoms with Gasteiger partial charge in [0.05, 0.1) is 5.51 Å². The summed E-state index contributed by atoms with van der Waals surface area (Å²) < 4.78 is 0. The van der Waals surface area contributed by atoms with Crippen LogP contribution in [0.15, 0.2) is 29.9 Å². The third-order valence-corrected chi connectivity index (χ3v) is 4.24. The van der Waals surface area contributed by atoms with E-state index in [1.165, 1.54) is 10.4 Å². The summed E-state index contributed by atoms with van der Waals surface area (Å²) in [5.41, 5.74) is 4.32. The van der Waals surface area contributed by atoms with E-state index in [9.17, 15) is 0 Å². The van der Waals surface area contributed by atoms with E-state index in [4.69, 9.17) is 11.6 Å². The van der Waals surface area contributed by atoms with Gasteiger partial charge in [-0.25, -0.2) is 0 Å². The lowest BCUT2D eigenvalue weighted by molar-refractivity contribution is 0.550. The zero-order chi connectivity index (χ0) is 13.0. The second-order valence-corrected chi connectivity index (χ2v) is 5.61. The topological polar surface area (TPSA) is 24.9 Å². The predicted octanol–water partition coefficient (Wildman–Crippen LogP) is 4.00. The summed E-state index contributed by atoms with van der Waals surface area (Å²) in [7, 11) is 0. The molecule has 0 aliphatic heterocycles. The molecule has 1 atom stereocenters. The molecule has 0 spiro atoms. The Morgan fingerprint density at radius 3 is 2.94 bits per heavy atom. The minimum atomic E-state index is 0.300. The monoisotopic (exact) mass is 280 g/mol. The smallest absolute Gasteiger partial charge is 0.0794 e. The average Bonchev–Trinajstić information content (AvgIpc) is 2.85. The van der Waals surface area contributed by atoms with Gasteiger partial charge < -0.3 is 5.32 Å². The van der Waals surface area contributed by atoms with Crippen LogP contribution in [0.3, 0.4) is 0 Å². The second-order valence-electron chi connectivity index (χ2n) is 4.24. The maximum Gasteiger partial charge on any atom is 0.0794 e. The van der Waals surface area contributed by atoms with Crippen molar-refractivity contribution in [2.45, 2.75) is 26.3 Å². The van der Waals surface area contributed by atoms with Crippen molar-refractivity contribution >= 4 is 22.9 Å². The highest BCUT2D eigenvalue weighted by molar-refractivity contribution is 7.09. The molecular formula is C14H17ClN2S. The molecule has 0 bridgehead atoms. The molecule has 0 fully saturated rings. The highest BCUT2D eigenvalue weighted by Gasteiger charge is 2.15. The van der Waals surface area contributed by atoms with Crippen molar-refractivity contribution in [3.05, 3.63) is 50.9 Å². The van der Waals surface area contributed by atoms with Crippen LogP contribution in [0.4, 0.5) is 0 Å². The molecule has 1 aromatic heterocycles. The quantitative estimate of drug-likeness (QED) is 0.895. The minimum absolute atomic E-state index is 0.300. The van der Waals surface area contributed by atoms with Gasteiger partial charge in [0.2, 0.25) is 0 Å². The van der Waals surface area contributed by atoms with Gasteiger partial charge in [-0.05, 0) is 30.7 Å². The molecule has 0 aliphatic carbocycles. The summed E-state index contributed by atoms with van der Waals surface area (Å²) in [4.78, 5) is 5.43. The summed E-state index contributed by atoms with van der Waals surface area (Å²) in [6.07, 6.45) is 2.90. The number of aromatic nitrogens is 1. The second kappa shape index (κ2) is 6.32. The van der Waals surface area contributed by atoms with E-state index in [1.807, 2.05) is 23.8 Å². The standard InChI is InChI=1S/C14H17ClN2S/c1-3-17-14(7-11-8-16-9-18-11)12-5-4-6-13(15)10(12)2/h4-6,8-9,14,17H,3,7H2,1-2H3. The van der Waals surface area contributed by atoms with E-state index in [2.05, 4.69) is 30.2 Å².